The molecule has 1 aliphatic heterocycles. The molecule has 5 nitrogen and oxygen atoms in total. The highest BCUT2D eigenvalue weighted by molar-refractivity contribution is 5.98. The molecule has 0 unspecified atom stereocenters. The zero-order chi connectivity index (χ0) is 15.2. The van der Waals surface area contributed by atoms with Crippen LogP contribution in [0.25, 0.3) is 0 Å². The van der Waals surface area contributed by atoms with Crippen molar-refractivity contribution in [2.75, 3.05) is 40.5 Å². The number of likely N-dealkylation sites (tertiary alicyclic amines) is 1. The molecule has 21 heavy (non-hydrogen) atoms. The van der Waals surface area contributed by atoms with Crippen molar-refractivity contribution in [3.8, 4) is 11.5 Å². The van der Waals surface area contributed by atoms with E-state index in [0.717, 1.165) is 19.4 Å². The second-order valence-electron chi connectivity index (χ2n) is 5.30. The Morgan fingerprint density at radius 2 is 2.10 bits per heavy atom. The maximum absolute atomic E-state index is 12.6. The molecule has 0 radical (unpaired) electrons. The number of Topliss-reactive ketones (excluding diaryl/α,β-unsaturated/α-hetero) is 1. The first-order valence-corrected chi connectivity index (χ1v) is 7.29. The lowest BCUT2D eigenvalue weighted by molar-refractivity contribution is 0.0793. The number of rotatable bonds is 6. The smallest absolute Gasteiger partial charge is 0.167 e. The second kappa shape index (κ2) is 7.43. The van der Waals surface area contributed by atoms with Crippen LogP contribution in [0.15, 0.2) is 18.2 Å². The molecule has 1 aromatic rings. The van der Waals surface area contributed by atoms with Crippen molar-refractivity contribution < 1.29 is 19.4 Å². The lowest BCUT2D eigenvalue weighted by Gasteiger charge is -2.31. The molecule has 0 bridgehead atoms. The molecule has 116 valence electrons. The van der Waals surface area contributed by atoms with E-state index in [9.17, 15) is 4.79 Å². The van der Waals surface area contributed by atoms with Gasteiger partial charge >= 0.3 is 0 Å². The van der Waals surface area contributed by atoms with Gasteiger partial charge in [0, 0.05) is 24.6 Å². The first kappa shape index (κ1) is 15.8. The minimum atomic E-state index is -0.0107. The Labute approximate surface area is 125 Å². The standard InChI is InChI=1S/C16H23NO4/c1-20-14-6-5-12(10-15(14)21-2)16(19)13-4-3-7-17(11-13)8-9-18/h5-6,10,13,18H,3-4,7-9,11H2,1-2H3/t13-/m0/s1. The molecule has 1 N–H and O–H groups in total. The van der Waals surface area contributed by atoms with Crippen LogP contribution in [0, 0.1) is 5.92 Å². The number of carbonyl (C=O) groups excluding carboxylic acids is 1. The molecule has 0 spiro atoms. The number of ketones is 1. The fourth-order valence-electron chi connectivity index (χ4n) is 2.84. The molecule has 1 atom stereocenters. The van der Waals surface area contributed by atoms with Gasteiger partial charge < -0.3 is 19.5 Å². The first-order chi connectivity index (χ1) is 10.2. The summed E-state index contributed by atoms with van der Waals surface area (Å²) < 4.78 is 10.4. The predicted molar refractivity (Wildman–Crippen MR) is 80.1 cm³/mol. The van der Waals surface area contributed by atoms with Crippen molar-refractivity contribution in [2.45, 2.75) is 12.8 Å². The fourth-order valence-corrected chi connectivity index (χ4v) is 2.84. The van der Waals surface area contributed by atoms with Crippen LogP contribution in [0.4, 0.5) is 0 Å². The minimum absolute atomic E-state index is 0.0107. The van der Waals surface area contributed by atoms with Gasteiger partial charge in [-0.2, -0.15) is 0 Å². The van der Waals surface area contributed by atoms with Crippen LogP contribution >= 0.6 is 0 Å². The van der Waals surface area contributed by atoms with Crippen molar-refractivity contribution in [1.82, 2.24) is 4.90 Å². The average molecular weight is 293 g/mol. The Kier molecular flexibility index (Phi) is 5.59. The van der Waals surface area contributed by atoms with E-state index < -0.39 is 0 Å². The van der Waals surface area contributed by atoms with Crippen LogP contribution in [-0.2, 0) is 0 Å². The van der Waals surface area contributed by atoms with Gasteiger partial charge in [-0.1, -0.05) is 0 Å². The monoisotopic (exact) mass is 293 g/mol. The third-order valence-electron chi connectivity index (χ3n) is 3.96. The van der Waals surface area contributed by atoms with E-state index in [4.69, 9.17) is 14.6 Å². The number of piperidine rings is 1. The zero-order valence-electron chi connectivity index (χ0n) is 12.7. The number of methoxy groups -OCH3 is 2. The summed E-state index contributed by atoms with van der Waals surface area (Å²) in [5, 5.41) is 9.03. The van der Waals surface area contributed by atoms with Crippen LogP contribution in [0.3, 0.4) is 0 Å². The quantitative estimate of drug-likeness (QED) is 0.807. The molecule has 0 aliphatic carbocycles. The number of hydrogen-bond acceptors (Lipinski definition) is 5. The van der Waals surface area contributed by atoms with Crippen molar-refractivity contribution in [2.24, 2.45) is 5.92 Å². The molecule has 1 aromatic carbocycles. The molecule has 0 amide bonds. The number of β-amino-alcohol motifs (C(OH)–C–C–N with tert-alkyl or cyclic N) is 1. The van der Waals surface area contributed by atoms with Gasteiger partial charge in [0.05, 0.1) is 20.8 Å². The largest absolute Gasteiger partial charge is 0.493 e. The maximum Gasteiger partial charge on any atom is 0.167 e. The van der Waals surface area contributed by atoms with E-state index in [1.807, 2.05) is 0 Å². The van der Waals surface area contributed by atoms with E-state index >= 15 is 0 Å². The van der Waals surface area contributed by atoms with Crippen LogP contribution < -0.4 is 9.47 Å². The Morgan fingerprint density at radius 3 is 2.76 bits per heavy atom. The minimum Gasteiger partial charge on any atom is -0.493 e. The highest BCUT2D eigenvalue weighted by Crippen LogP contribution is 2.29. The Morgan fingerprint density at radius 1 is 1.33 bits per heavy atom. The SMILES string of the molecule is COc1ccc(C(=O)[C@H]2CCCN(CCO)C2)cc1OC. The van der Waals surface area contributed by atoms with Crippen LogP contribution in [0.2, 0.25) is 0 Å². The predicted octanol–water partition coefficient (Wildman–Crippen LogP) is 1.59. The Hall–Kier alpha value is -1.59. The number of hydrogen-bond donors (Lipinski definition) is 1. The van der Waals surface area contributed by atoms with Crippen LogP contribution in [-0.4, -0.2) is 56.3 Å². The van der Waals surface area contributed by atoms with E-state index in [1.54, 1.807) is 32.4 Å². The number of benzene rings is 1. The molecule has 1 fully saturated rings. The summed E-state index contributed by atoms with van der Waals surface area (Å²) >= 11 is 0. The molecule has 0 aromatic heterocycles. The molecular formula is C16H23NO4. The molecule has 1 saturated heterocycles. The van der Waals surface area contributed by atoms with E-state index in [2.05, 4.69) is 4.90 Å². The number of aliphatic hydroxyl groups excluding tert-OH is 1. The van der Waals surface area contributed by atoms with Gasteiger partial charge in [-0.05, 0) is 37.6 Å². The van der Waals surface area contributed by atoms with Gasteiger partial charge in [-0.15, -0.1) is 0 Å². The van der Waals surface area contributed by atoms with Crippen molar-refractivity contribution >= 4 is 5.78 Å². The van der Waals surface area contributed by atoms with Crippen molar-refractivity contribution in [1.29, 1.82) is 0 Å². The number of ether oxygens (including phenoxy) is 2. The number of nitrogens with zero attached hydrogens (tertiary/aromatic N) is 1. The summed E-state index contributed by atoms with van der Waals surface area (Å²) in [6, 6.07) is 5.29. The van der Waals surface area contributed by atoms with Crippen LogP contribution in [0.5, 0.6) is 11.5 Å². The highest BCUT2D eigenvalue weighted by Gasteiger charge is 2.26. The summed E-state index contributed by atoms with van der Waals surface area (Å²) in [5.74, 6) is 1.33. The summed E-state index contributed by atoms with van der Waals surface area (Å²) in [6.07, 6.45) is 1.89. The van der Waals surface area contributed by atoms with Gasteiger partial charge in [-0.3, -0.25) is 4.79 Å². The van der Waals surface area contributed by atoms with Gasteiger partial charge in [0.2, 0.25) is 0 Å². The molecule has 2 rings (SSSR count). The average Bonchev–Trinajstić information content (AvgIpc) is 2.54. The van der Waals surface area contributed by atoms with Crippen molar-refractivity contribution in [3.05, 3.63) is 23.8 Å². The zero-order valence-corrected chi connectivity index (χ0v) is 12.7. The number of aliphatic hydroxyl groups is 1. The maximum atomic E-state index is 12.6. The third-order valence-corrected chi connectivity index (χ3v) is 3.96. The summed E-state index contributed by atoms with van der Waals surface area (Å²) in [4.78, 5) is 14.8. The molecule has 0 saturated carbocycles. The summed E-state index contributed by atoms with van der Waals surface area (Å²) in [5.41, 5.74) is 0.656. The summed E-state index contributed by atoms with van der Waals surface area (Å²) in [6.45, 7) is 2.44. The first-order valence-electron chi connectivity index (χ1n) is 7.29. The molecule has 5 heteroatoms. The lowest BCUT2D eigenvalue weighted by Crippen LogP contribution is -2.40. The highest BCUT2D eigenvalue weighted by atomic mass is 16.5. The van der Waals surface area contributed by atoms with Gasteiger partial charge in [0.1, 0.15) is 0 Å². The van der Waals surface area contributed by atoms with Gasteiger partial charge in [0.15, 0.2) is 17.3 Å². The fraction of sp³-hybridized carbons (Fsp3) is 0.562. The molecule has 1 heterocycles. The Balaban J connectivity index is 2.12. The van der Waals surface area contributed by atoms with E-state index in [0.29, 0.717) is 30.2 Å². The summed E-state index contributed by atoms with van der Waals surface area (Å²) in [7, 11) is 3.14. The van der Waals surface area contributed by atoms with Crippen LogP contribution in [0.1, 0.15) is 23.2 Å². The van der Waals surface area contributed by atoms with Gasteiger partial charge in [-0.25, -0.2) is 0 Å². The lowest BCUT2D eigenvalue weighted by atomic mass is 9.90. The second-order valence-corrected chi connectivity index (χ2v) is 5.30. The third kappa shape index (κ3) is 3.74. The molecule has 1 aliphatic rings. The van der Waals surface area contributed by atoms with Gasteiger partial charge in [0.25, 0.3) is 0 Å². The number of carbonyl (C=O) groups is 1. The Bertz CT molecular complexity index is 487. The normalized spacial score (nSPS) is 19.3. The van der Waals surface area contributed by atoms with E-state index in [1.165, 1.54) is 0 Å². The van der Waals surface area contributed by atoms with E-state index in [-0.39, 0.29) is 18.3 Å². The topological polar surface area (TPSA) is 59.0 Å². The van der Waals surface area contributed by atoms with Crippen molar-refractivity contribution in [3.63, 3.8) is 0 Å². The molecular weight excluding hydrogens is 270 g/mol.